The topological polar surface area (TPSA) is 54.4 Å². The molecule has 3 nitrogen and oxygen atoms in total. The van der Waals surface area contributed by atoms with E-state index in [0.29, 0.717) is 0 Å². The van der Waals surface area contributed by atoms with Crippen LogP contribution in [0.4, 0.5) is 0 Å². The summed E-state index contributed by atoms with van der Waals surface area (Å²) >= 11 is -2.25. The van der Waals surface area contributed by atoms with Gasteiger partial charge < -0.3 is 4.55 Å². The van der Waals surface area contributed by atoms with Crippen molar-refractivity contribution in [3.63, 3.8) is 0 Å². The van der Waals surface area contributed by atoms with E-state index in [9.17, 15) is 9.00 Å². The van der Waals surface area contributed by atoms with E-state index in [0.717, 1.165) is 0 Å². The lowest BCUT2D eigenvalue weighted by molar-refractivity contribution is -0.111. The van der Waals surface area contributed by atoms with Crippen molar-refractivity contribution in [1.29, 1.82) is 0 Å². The molecule has 0 radical (unpaired) electrons. The maximum Gasteiger partial charge on any atom is 0.245 e. The molecule has 0 saturated heterocycles. The van der Waals surface area contributed by atoms with Gasteiger partial charge >= 0.3 is 0 Å². The van der Waals surface area contributed by atoms with Crippen molar-refractivity contribution in [2.75, 3.05) is 0 Å². The maximum absolute atomic E-state index is 9.96. The van der Waals surface area contributed by atoms with Crippen LogP contribution in [0.3, 0.4) is 0 Å². The smallest absolute Gasteiger partial charge is 0.245 e. The van der Waals surface area contributed by atoms with E-state index in [-0.39, 0.29) is 6.42 Å². The zero-order valence-corrected chi connectivity index (χ0v) is 4.70. The molecule has 1 atom stereocenters. The third-order valence-corrected chi connectivity index (χ3v) is 1.16. The second-order valence-electron chi connectivity index (χ2n) is 0.975. The quantitative estimate of drug-likeness (QED) is 0.503. The molecular weight excluding hydrogens is 116 g/mol. The Morgan fingerprint density at radius 1 is 1.86 bits per heavy atom. The molecular formula is C3H6O3S. The molecule has 0 spiro atoms. The standard InChI is InChI=1S/C3H6O3S/c1-2-3(4)7(5)6/h2H2,1H3,(H,5,6). The first-order valence-corrected chi connectivity index (χ1v) is 2.92. The van der Waals surface area contributed by atoms with Crippen LogP contribution in [0.25, 0.3) is 0 Å². The molecule has 0 heterocycles. The predicted molar refractivity (Wildman–Crippen MR) is 26.1 cm³/mol. The summed E-state index contributed by atoms with van der Waals surface area (Å²) in [5.74, 6) is 0. The molecule has 0 aliphatic carbocycles. The van der Waals surface area contributed by atoms with Crippen LogP contribution >= 0.6 is 0 Å². The molecule has 0 aromatic carbocycles. The Morgan fingerprint density at radius 3 is 2.29 bits per heavy atom. The highest BCUT2D eigenvalue weighted by Crippen LogP contribution is 1.82. The molecule has 0 amide bonds. The Bertz CT molecular complexity index is 98.4. The van der Waals surface area contributed by atoms with E-state index in [1.54, 1.807) is 0 Å². The first-order chi connectivity index (χ1) is 3.18. The van der Waals surface area contributed by atoms with Crippen molar-refractivity contribution in [3.05, 3.63) is 0 Å². The lowest BCUT2D eigenvalue weighted by Crippen LogP contribution is -2.01. The van der Waals surface area contributed by atoms with Gasteiger partial charge in [0.15, 0.2) is 0 Å². The Hall–Kier alpha value is -0.220. The van der Waals surface area contributed by atoms with Gasteiger partial charge in [-0.05, 0) is 0 Å². The Labute approximate surface area is 44.0 Å². The van der Waals surface area contributed by atoms with Crippen molar-refractivity contribution in [1.82, 2.24) is 0 Å². The molecule has 1 N–H and O–H groups in total. The molecule has 0 aromatic rings. The van der Waals surface area contributed by atoms with Gasteiger partial charge in [0.1, 0.15) is 0 Å². The summed E-state index contributed by atoms with van der Waals surface area (Å²) in [5, 5.41) is -0.625. The Balaban J connectivity index is 3.58. The largest absolute Gasteiger partial charge is 0.300 e. The highest BCUT2D eigenvalue weighted by molar-refractivity contribution is 7.95. The van der Waals surface area contributed by atoms with Crippen LogP contribution in [0.5, 0.6) is 0 Å². The number of carbonyl (C=O) groups is 1. The van der Waals surface area contributed by atoms with Crippen LogP contribution < -0.4 is 0 Å². The Morgan fingerprint density at radius 2 is 2.29 bits per heavy atom. The summed E-state index contributed by atoms with van der Waals surface area (Å²) in [6, 6.07) is 0. The first kappa shape index (κ1) is 6.78. The summed E-state index contributed by atoms with van der Waals surface area (Å²) in [7, 11) is 0. The lowest BCUT2D eigenvalue weighted by atomic mass is 10.6. The average molecular weight is 122 g/mol. The second-order valence-corrected chi connectivity index (χ2v) is 1.93. The molecule has 0 aliphatic heterocycles. The van der Waals surface area contributed by atoms with Gasteiger partial charge in [-0.25, -0.2) is 4.21 Å². The molecule has 0 aliphatic rings. The monoisotopic (exact) mass is 122 g/mol. The summed E-state index contributed by atoms with van der Waals surface area (Å²) < 4.78 is 17.6. The van der Waals surface area contributed by atoms with Crippen molar-refractivity contribution < 1.29 is 13.6 Å². The van der Waals surface area contributed by atoms with E-state index in [2.05, 4.69) is 0 Å². The summed E-state index contributed by atoms with van der Waals surface area (Å²) in [6.45, 7) is 1.54. The number of carbonyl (C=O) groups excluding carboxylic acids is 1. The lowest BCUT2D eigenvalue weighted by Gasteiger charge is -1.81. The van der Waals surface area contributed by atoms with Crippen LogP contribution in [0.15, 0.2) is 0 Å². The van der Waals surface area contributed by atoms with E-state index in [1.165, 1.54) is 6.92 Å². The van der Waals surface area contributed by atoms with Gasteiger partial charge in [0.25, 0.3) is 0 Å². The minimum Gasteiger partial charge on any atom is -0.300 e. The zero-order valence-electron chi connectivity index (χ0n) is 3.88. The zero-order chi connectivity index (χ0) is 5.86. The number of rotatable bonds is 1. The number of hydrogen-bond donors (Lipinski definition) is 1. The summed E-state index contributed by atoms with van der Waals surface area (Å²) in [5.41, 5.74) is 0. The highest BCUT2D eigenvalue weighted by atomic mass is 32.2. The van der Waals surface area contributed by atoms with Crippen LogP contribution in [0.2, 0.25) is 0 Å². The van der Waals surface area contributed by atoms with Crippen LogP contribution in [-0.4, -0.2) is 13.9 Å². The minimum absolute atomic E-state index is 0.128. The van der Waals surface area contributed by atoms with E-state index in [1.807, 2.05) is 0 Å². The van der Waals surface area contributed by atoms with Crippen LogP contribution in [-0.2, 0) is 15.9 Å². The molecule has 7 heavy (non-hydrogen) atoms. The van der Waals surface area contributed by atoms with Gasteiger partial charge in [0, 0.05) is 6.42 Å². The third kappa shape index (κ3) is 2.47. The Kier molecular flexibility index (Phi) is 2.78. The van der Waals surface area contributed by atoms with Crippen molar-refractivity contribution in [3.8, 4) is 0 Å². The molecule has 0 saturated carbocycles. The van der Waals surface area contributed by atoms with Gasteiger partial charge in [-0.3, -0.25) is 4.79 Å². The van der Waals surface area contributed by atoms with Gasteiger partial charge in [0.2, 0.25) is 16.2 Å². The van der Waals surface area contributed by atoms with Crippen molar-refractivity contribution in [2.24, 2.45) is 0 Å². The molecule has 1 unspecified atom stereocenters. The average Bonchev–Trinajstić information content (AvgIpc) is 1.65. The molecule has 4 heteroatoms. The highest BCUT2D eigenvalue weighted by Gasteiger charge is 2.01. The number of hydrogen-bond acceptors (Lipinski definition) is 2. The molecule has 0 aromatic heterocycles. The van der Waals surface area contributed by atoms with Crippen LogP contribution in [0, 0.1) is 0 Å². The van der Waals surface area contributed by atoms with Gasteiger partial charge in [0.05, 0.1) is 0 Å². The normalized spacial score (nSPS) is 13.4. The fourth-order valence-electron chi connectivity index (χ4n) is 0.123. The van der Waals surface area contributed by atoms with Crippen molar-refractivity contribution >= 4 is 16.2 Å². The van der Waals surface area contributed by atoms with E-state index < -0.39 is 16.2 Å². The summed E-state index contributed by atoms with van der Waals surface area (Å²) in [6.07, 6.45) is 0.128. The van der Waals surface area contributed by atoms with Crippen molar-refractivity contribution in [2.45, 2.75) is 13.3 Å². The third-order valence-electron chi connectivity index (χ3n) is 0.483. The van der Waals surface area contributed by atoms with Gasteiger partial charge in [-0.2, -0.15) is 0 Å². The molecule has 0 rings (SSSR count). The van der Waals surface area contributed by atoms with Gasteiger partial charge in [-0.15, -0.1) is 0 Å². The maximum atomic E-state index is 9.96. The van der Waals surface area contributed by atoms with E-state index >= 15 is 0 Å². The van der Waals surface area contributed by atoms with Crippen LogP contribution in [0.1, 0.15) is 13.3 Å². The molecule has 42 valence electrons. The first-order valence-electron chi connectivity index (χ1n) is 1.82. The fourth-order valence-corrected chi connectivity index (χ4v) is 0.370. The van der Waals surface area contributed by atoms with E-state index in [4.69, 9.17) is 4.55 Å². The summed E-state index contributed by atoms with van der Waals surface area (Å²) in [4.78, 5) is 9.96. The minimum atomic E-state index is -2.25. The molecule has 0 bridgehead atoms. The predicted octanol–water partition coefficient (Wildman–Crippen LogP) is 0.145. The fraction of sp³-hybridized carbons (Fsp3) is 0.667. The molecule has 0 fully saturated rings. The second kappa shape index (κ2) is 2.87. The SMILES string of the molecule is CCC(=O)S(=O)O. The van der Waals surface area contributed by atoms with Gasteiger partial charge in [-0.1, -0.05) is 6.92 Å².